The van der Waals surface area contributed by atoms with Crippen LogP contribution in [0.3, 0.4) is 0 Å². The van der Waals surface area contributed by atoms with Crippen LogP contribution in [0.4, 0.5) is 0 Å². The van der Waals surface area contributed by atoms with E-state index in [-0.39, 0.29) is 5.41 Å². The third kappa shape index (κ3) is 4.05. The fourth-order valence-corrected chi connectivity index (χ4v) is 4.17. The monoisotopic (exact) mass is 265 g/mol. The van der Waals surface area contributed by atoms with E-state index in [1.807, 2.05) is 0 Å². The number of carbonyl (C=O) groups excluding carboxylic acids is 1. The largest absolute Gasteiger partial charge is 0.303 e. The number of aldehydes is 1. The Morgan fingerprint density at radius 2 is 1.79 bits per heavy atom. The standard InChI is InChI=1S/C17H31NO/c1-15-8-7-9-16(12-15)18(2)13-17(14-19)10-5-3-4-6-11-17/h14-16H,3-13H2,1-2H3. The second-order valence-electron chi connectivity index (χ2n) is 7.24. The molecule has 0 aromatic rings. The predicted octanol–water partition coefficient (Wildman–Crippen LogP) is 4.04. The summed E-state index contributed by atoms with van der Waals surface area (Å²) in [5.41, 5.74) is -0.0358. The Hall–Kier alpha value is -0.370. The van der Waals surface area contributed by atoms with Crippen molar-refractivity contribution in [1.82, 2.24) is 4.90 Å². The van der Waals surface area contributed by atoms with Crippen LogP contribution in [-0.2, 0) is 4.79 Å². The van der Waals surface area contributed by atoms with Crippen LogP contribution in [-0.4, -0.2) is 30.8 Å². The molecule has 0 N–H and O–H groups in total. The molecule has 0 heterocycles. The van der Waals surface area contributed by atoms with Gasteiger partial charge >= 0.3 is 0 Å². The second kappa shape index (κ2) is 6.88. The van der Waals surface area contributed by atoms with Crippen molar-refractivity contribution in [2.75, 3.05) is 13.6 Å². The highest BCUT2D eigenvalue weighted by molar-refractivity contribution is 5.59. The Morgan fingerprint density at radius 1 is 1.11 bits per heavy atom. The van der Waals surface area contributed by atoms with Gasteiger partial charge in [-0.25, -0.2) is 0 Å². The number of hydrogen-bond acceptors (Lipinski definition) is 2. The first-order chi connectivity index (χ1) is 9.15. The van der Waals surface area contributed by atoms with Crippen LogP contribution in [0.25, 0.3) is 0 Å². The molecule has 2 fully saturated rings. The van der Waals surface area contributed by atoms with Gasteiger partial charge < -0.3 is 9.69 Å². The van der Waals surface area contributed by atoms with Gasteiger partial charge in [-0.05, 0) is 38.6 Å². The van der Waals surface area contributed by atoms with Gasteiger partial charge in [-0.2, -0.15) is 0 Å². The molecule has 2 unspecified atom stereocenters. The first-order valence-corrected chi connectivity index (χ1v) is 8.32. The van der Waals surface area contributed by atoms with Crippen molar-refractivity contribution < 1.29 is 4.79 Å². The molecular formula is C17H31NO. The van der Waals surface area contributed by atoms with Gasteiger partial charge in [0.1, 0.15) is 6.29 Å². The maximum Gasteiger partial charge on any atom is 0.127 e. The molecule has 2 saturated carbocycles. The molecule has 0 aromatic carbocycles. The van der Waals surface area contributed by atoms with E-state index >= 15 is 0 Å². The van der Waals surface area contributed by atoms with Crippen molar-refractivity contribution in [1.29, 1.82) is 0 Å². The molecule has 2 rings (SSSR count). The number of rotatable bonds is 4. The van der Waals surface area contributed by atoms with Gasteiger partial charge in [0.05, 0.1) is 0 Å². The fraction of sp³-hybridized carbons (Fsp3) is 0.941. The lowest BCUT2D eigenvalue weighted by molar-refractivity contribution is -0.118. The lowest BCUT2D eigenvalue weighted by Crippen LogP contribution is -2.43. The highest BCUT2D eigenvalue weighted by Gasteiger charge is 2.34. The molecule has 19 heavy (non-hydrogen) atoms. The summed E-state index contributed by atoms with van der Waals surface area (Å²) in [6, 6.07) is 0.712. The van der Waals surface area contributed by atoms with Gasteiger partial charge in [0.25, 0.3) is 0 Å². The van der Waals surface area contributed by atoms with E-state index < -0.39 is 0 Å². The fourth-order valence-electron chi connectivity index (χ4n) is 4.17. The van der Waals surface area contributed by atoms with Crippen molar-refractivity contribution >= 4 is 6.29 Å². The van der Waals surface area contributed by atoms with Gasteiger partial charge in [0.15, 0.2) is 0 Å². The second-order valence-corrected chi connectivity index (χ2v) is 7.24. The van der Waals surface area contributed by atoms with E-state index in [2.05, 4.69) is 18.9 Å². The molecular weight excluding hydrogens is 234 g/mol. The molecule has 110 valence electrons. The summed E-state index contributed by atoms with van der Waals surface area (Å²) in [4.78, 5) is 14.2. The molecule has 0 radical (unpaired) electrons. The smallest absolute Gasteiger partial charge is 0.127 e. The Morgan fingerprint density at radius 3 is 2.37 bits per heavy atom. The van der Waals surface area contributed by atoms with E-state index in [0.29, 0.717) is 6.04 Å². The Labute approximate surface area is 118 Å². The van der Waals surface area contributed by atoms with Crippen molar-refractivity contribution in [3.05, 3.63) is 0 Å². The summed E-state index contributed by atoms with van der Waals surface area (Å²) >= 11 is 0. The maximum absolute atomic E-state index is 11.7. The topological polar surface area (TPSA) is 20.3 Å². The van der Waals surface area contributed by atoms with E-state index in [4.69, 9.17) is 0 Å². The Balaban J connectivity index is 1.94. The highest BCUT2D eigenvalue weighted by atomic mass is 16.1. The van der Waals surface area contributed by atoms with Crippen LogP contribution in [0.1, 0.15) is 71.1 Å². The third-order valence-electron chi connectivity index (χ3n) is 5.45. The van der Waals surface area contributed by atoms with Crippen molar-refractivity contribution in [2.24, 2.45) is 11.3 Å². The van der Waals surface area contributed by atoms with Gasteiger partial charge in [-0.1, -0.05) is 45.4 Å². The average Bonchev–Trinajstić information content (AvgIpc) is 2.65. The van der Waals surface area contributed by atoms with Crippen molar-refractivity contribution in [3.8, 4) is 0 Å². The summed E-state index contributed by atoms with van der Waals surface area (Å²) < 4.78 is 0. The molecule has 2 nitrogen and oxygen atoms in total. The SMILES string of the molecule is CC1CCCC(N(C)CC2(C=O)CCCCCC2)C1. The Bertz CT molecular complexity index is 281. The molecule has 2 aliphatic carbocycles. The van der Waals surface area contributed by atoms with Crippen LogP contribution >= 0.6 is 0 Å². The van der Waals surface area contributed by atoms with Crippen molar-refractivity contribution in [2.45, 2.75) is 77.2 Å². The summed E-state index contributed by atoms with van der Waals surface area (Å²) in [6.07, 6.45) is 14.1. The maximum atomic E-state index is 11.7. The van der Waals surface area contributed by atoms with Crippen LogP contribution < -0.4 is 0 Å². The van der Waals surface area contributed by atoms with Crippen LogP contribution in [0.2, 0.25) is 0 Å². The van der Waals surface area contributed by atoms with Crippen molar-refractivity contribution in [3.63, 3.8) is 0 Å². The Kier molecular flexibility index (Phi) is 5.44. The lowest BCUT2D eigenvalue weighted by atomic mass is 9.80. The molecule has 0 aliphatic heterocycles. The minimum absolute atomic E-state index is 0.0358. The summed E-state index contributed by atoms with van der Waals surface area (Å²) in [7, 11) is 2.25. The summed E-state index contributed by atoms with van der Waals surface area (Å²) in [6.45, 7) is 3.37. The zero-order valence-electron chi connectivity index (χ0n) is 12.9. The zero-order valence-corrected chi connectivity index (χ0v) is 12.9. The van der Waals surface area contributed by atoms with Gasteiger partial charge in [0, 0.05) is 18.0 Å². The normalized spacial score (nSPS) is 31.9. The van der Waals surface area contributed by atoms with Crippen LogP contribution in [0.5, 0.6) is 0 Å². The van der Waals surface area contributed by atoms with E-state index in [1.54, 1.807) is 0 Å². The molecule has 2 heteroatoms. The van der Waals surface area contributed by atoms with E-state index in [0.717, 1.165) is 25.3 Å². The molecule has 0 amide bonds. The van der Waals surface area contributed by atoms with Gasteiger partial charge in [-0.15, -0.1) is 0 Å². The molecule has 0 aromatic heterocycles. The lowest BCUT2D eigenvalue weighted by Gasteiger charge is -2.39. The van der Waals surface area contributed by atoms with E-state index in [1.165, 1.54) is 57.7 Å². The minimum atomic E-state index is -0.0358. The van der Waals surface area contributed by atoms with Crippen LogP contribution in [0, 0.1) is 11.3 Å². The highest BCUT2D eigenvalue weighted by Crippen LogP contribution is 2.36. The first-order valence-electron chi connectivity index (χ1n) is 8.32. The van der Waals surface area contributed by atoms with Gasteiger partial charge in [0.2, 0.25) is 0 Å². The molecule has 2 atom stereocenters. The van der Waals surface area contributed by atoms with Crippen LogP contribution in [0.15, 0.2) is 0 Å². The summed E-state index contributed by atoms with van der Waals surface area (Å²) in [5.74, 6) is 0.863. The van der Waals surface area contributed by atoms with E-state index in [9.17, 15) is 4.79 Å². The quantitative estimate of drug-likeness (QED) is 0.565. The number of hydrogen-bond donors (Lipinski definition) is 0. The molecule has 0 bridgehead atoms. The summed E-state index contributed by atoms with van der Waals surface area (Å²) in [5, 5.41) is 0. The molecule has 0 spiro atoms. The average molecular weight is 265 g/mol. The molecule has 2 aliphatic rings. The first kappa shape index (κ1) is 15.0. The zero-order chi connectivity index (χ0) is 13.7. The minimum Gasteiger partial charge on any atom is -0.303 e. The molecule has 0 saturated heterocycles. The number of carbonyl (C=O) groups is 1. The van der Waals surface area contributed by atoms with Gasteiger partial charge in [-0.3, -0.25) is 0 Å². The number of nitrogens with zero attached hydrogens (tertiary/aromatic N) is 1. The predicted molar refractivity (Wildman–Crippen MR) is 80.2 cm³/mol. The third-order valence-corrected chi connectivity index (χ3v) is 5.45.